The number of rotatable bonds is 6. The molecule has 0 aliphatic rings. The molecular weight excluding hydrogens is 328 g/mol. The molecular formula is C16H26N4O3S. The lowest BCUT2D eigenvalue weighted by Gasteiger charge is -2.30. The van der Waals surface area contributed by atoms with E-state index in [9.17, 15) is 13.2 Å². The Hall–Kier alpha value is -1.64. The van der Waals surface area contributed by atoms with E-state index < -0.39 is 15.6 Å². The van der Waals surface area contributed by atoms with Crippen LogP contribution in [0.15, 0.2) is 27.9 Å². The molecule has 1 heterocycles. The minimum atomic E-state index is -3.74. The molecule has 8 heteroatoms. The fourth-order valence-electron chi connectivity index (χ4n) is 3.10. The third-order valence-corrected chi connectivity index (χ3v) is 5.88. The Bertz CT molecular complexity index is 911. The van der Waals surface area contributed by atoms with Gasteiger partial charge in [-0.15, -0.1) is 0 Å². The third-order valence-electron chi connectivity index (χ3n) is 4.24. The summed E-state index contributed by atoms with van der Waals surface area (Å²) in [7, 11) is -0.462. The van der Waals surface area contributed by atoms with Gasteiger partial charge in [0.1, 0.15) is 0 Å². The van der Waals surface area contributed by atoms with Gasteiger partial charge >= 0.3 is 5.69 Å². The van der Waals surface area contributed by atoms with E-state index in [1.807, 2.05) is 13.8 Å². The summed E-state index contributed by atoms with van der Waals surface area (Å²) in [6.45, 7) is 6.06. The maximum atomic E-state index is 12.8. The first-order chi connectivity index (χ1) is 11.0. The highest BCUT2D eigenvalue weighted by Gasteiger charge is 2.30. The quantitative estimate of drug-likeness (QED) is 0.806. The largest absolute Gasteiger partial charge is 0.329 e. The van der Waals surface area contributed by atoms with Crippen LogP contribution in [-0.2, 0) is 24.1 Å². The Kier molecular flexibility index (Phi) is 4.94. The van der Waals surface area contributed by atoms with Crippen molar-refractivity contribution < 1.29 is 8.42 Å². The smallest absolute Gasteiger partial charge is 0.328 e. The van der Waals surface area contributed by atoms with Crippen LogP contribution in [-0.4, -0.2) is 29.6 Å². The first-order valence-corrected chi connectivity index (χ1v) is 9.38. The molecule has 0 radical (unpaired) electrons. The highest BCUT2D eigenvalue weighted by molar-refractivity contribution is 7.89. The van der Waals surface area contributed by atoms with E-state index in [0.29, 0.717) is 23.4 Å². The number of nitrogens with zero attached hydrogens (tertiary/aromatic N) is 2. The number of aromatic nitrogens is 2. The van der Waals surface area contributed by atoms with Crippen LogP contribution < -0.4 is 16.1 Å². The van der Waals surface area contributed by atoms with Crippen LogP contribution in [0, 0.1) is 5.92 Å². The molecule has 0 saturated carbocycles. The highest BCUT2D eigenvalue weighted by atomic mass is 32.2. The molecule has 7 nitrogen and oxygen atoms in total. The molecule has 0 aliphatic heterocycles. The average molecular weight is 354 g/mol. The van der Waals surface area contributed by atoms with Gasteiger partial charge in [0.2, 0.25) is 10.0 Å². The first-order valence-electron chi connectivity index (χ1n) is 7.90. The van der Waals surface area contributed by atoms with Gasteiger partial charge in [-0.2, -0.15) is 0 Å². The number of imidazole rings is 1. The van der Waals surface area contributed by atoms with E-state index in [-0.39, 0.29) is 17.1 Å². The molecule has 0 spiro atoms. The van der Waals surface area contributed by atoms with E-state index in [4.69, 9.17) is 5.73 Å². The van der Waals surface area contributed by atoms with Crippen molar-refractivity contribution in [3.05, 3.63) is 28.7 Å². The fraction of sp³-hybridized carbons (Fsp3) is 0.562. The van der Waals surface area contributed by atoms with Crippen molar-refractivity contribution in [3.8, 4) is 0 Å². The molecule has 0 bridgehead atoms. The van der Waals surface area contributed by atoms with Crippen LogP contribution in [0.5, 0.6) is 0 Å². The third kappa shape index (κ3) is 3.40. The predicted molar refractivity (Wildman–Crippen MR) is 95.4 cm³/mol. The van der Waals surface area contributed by atoms with Crippen molar-refractivity contribution in [2.45, 2.75) is 37.6 Å². The van der Waals surface area contributed by atoms with Crippen LogP contribution in [0.25, 0.3) is 11.0 Å². The van der Waals surface area contributed by atoms with Gasteiger partial charge < -0.3 is 5.73 Å². The molecule has 24 heavy (non-hydrogen) atoms. The summed E-state index contributed by atoms with van der Waals surface area (Å²) < 4.78 is 31.2. The van der Waals surface area contributed by atoms with E-state index in [0.717, 1.165) is 0 Å². The molecule has 1 aromatic heterocycles. The van der Waals surface area contributed by atoms with Crippen LogP contribution in [0.4, 0.5) is 0 Å². The summed E-state index contributed by atoms with van der Waals surface area (Å²) in [4.78, 5) is 12.1. The van der Waals surface area contributed by atoms with Crippen molar-refractivity contribution in [1.29, 1.82) is 0 Å². The maximum absolute atomic E-state index is 12.8. The molecule has 0 amide bonds. The molecule has 1 aromatic carbocycles. The molecule has 0 fully saturated rings. The van der Waals surface area contributed by atoms with E-state index in [1.54, 1.807) is 27.1 Å². The zero-order chi connectivity index (χ0) is 18.3. The maximum Gasteiger partial charge on any atom is 0.328 e. The highest BCUT2D eigenvalue weighted by Crippen LogP contribution is 2.22. The van der Waals surface area contributed by atoms with Crippen molar-refractivity contribution in [3.63, 3.8) is 0 Å². The number of sulfonamides is 1. The zero-order valence-corrected chi connectivity index (χ0v) is 15.6. The number of hydrogen-bond donors (Lipinski definition) is 2. The van der Waals surface area contributed by atoms with Crippen LogP contribution in [0.3, 0.4) is 0 Å². The minimum absolute atomic E-state index is 0.125. The Balaban J connectivity index is 2.48. The van der Waals surface area contributed by atoms with Crippen molar-refractivity contribution in [2.75, 3.05) is 6.54 Å². The lowest BCUT2D eigenvalue weighted by Crippen LogP contribution is -2.51. The number of nitrogens with two attached hydrogens (primary N) is 1. The molecule has 2 rings (SSSR count). The molecule has 0 saturated heterocycles. The normalized spacial score (nSPS) is 15.1. The molecule has 1 unspecified atom stereocenters. The van der Waals surface area contributed by atoms with Crippen molar-refractivity contribution >= 4 is 21.1 Å². The van der Waals surface area contributed by atoms with Gasteiger partial charge in [-0.1, -0.05) is 13.8 Å². The van der Waals surface area contributed by atoms with Gasteiger partial charge in [-0.25, -0.2) is 17.9 Å². The summed E-state index contributed by atoms with van der Waals surface area (Å²) in [6.07, 6.45) is 0.634. The van der Waals surface area contributed by atoms with Gasteiger partial charge in [-0.3, -0.25) is 9.13 Å². The second-order valence-electron chi connectivity index (χ2n) is 7.02. The van der Waals surface area contributed by atoms with Crippen LogP contribution >= 0.6 is 0 Å². The molecule has 3 N–H and O–H groups in total. The van der Waals surface area contributed by atoms with E-state index in [1.165, 1.54) is 21.3 Å². The van der Waals surface area contributed by atoms with Gasteiger partial charge in [0.05, 0.1) is 15.9 Å². The standard InChI is InChI=1S/C16H26N4O3S/c1-11(2)9-16(3,10-17)18-24(22,23)12-6-7-13-14(8-12)20(5)15(21)19(13)4/h6-8,11,18H,9-10,17H2,1-5H3. The van der Waals surface area contributed by atoms with Crippen molar-refractivity contribution in [1.82, 2.24) is 13.9 Å². The number of benzene rings is 1. The van der Waals surface area contributed by atoms with E-state index >= 15 is 0 Å². The zero-order valence-electron chi connectivity index (χ0n) is 14.8. The Morgan fingerprint density at radius 2 is 1.79 bits per heavy atom. The average Bonchev–Trinajstić information content (AvgIpc) is 2.70. The number of aryl methyl sites for hydroxylation is 2. The molecule has 1 atom stereocenters. The summed E-state index contributed by atoms with van der Waals surface area (Å²) in [5.74, 6) is 0.304. The minimum Gasteiger partial charge on any atom is -0.329 e. The topological polar surface area (TPSA) is 99.1 Å². The van der Waals surface area contributed by atoms with E-state index in [2.05, 4.69) is 4.72 Å². The summed E-state index contributed by atoms with van der Waals surface area (Å²) >= 11 is 0. The number of fused-ring (bicyclic) bond motifs is 1. The Morgan fingerprint density at radius 3 is 2.33 bits per heavy atom. The molecule has 0 aliphatic carbocycles. The Labute approximate surface area is 142 Å². The number of hydrogen-bond acceptors (Lipinski definition) is 4. The second kappa shape index (κ2) is 6.34. The first kappa shape index (κ1) is 18.7. The molecule has 2 aromatic rings. The van der Waals surface area contributed by atoms with Gasteiger partial charge in [0.25, 0.3) is 0 Å². The Morgan fingerprint density at radius 1 is 1.21 bits per heavy atom. The monoisotopic (exact) mass is 354 g/mol. The SMILES string of the molecule is CC(C)CC(C)(CN)NS(=O)(=O)c1ccc2c(c1)n(C)c(=O)n2C. The van der Waals surface area contributed by atoms with Crippen LogP contribution in [0.1, 0.15) is 27.2 Å². The fourth-order valence-corrected chi connectivity index (χ4v) is 4.55. The summed E-state index contributed by atoms with van der Waals surface area (Å²) in [5.41, 5.74) is 6.15. The lowest BCUT2D eigenvalue weighted by atomic mass is 9.92. The van der Waals surface area contributed by atoms with Gasteiger partial charge in [0.15, 0.2) is 0 Å². The second-order valence-corrected chi connectivity index (χ2v) is 8.70. The lowest BCUT2D eigenvalue weighted by molar-refractivity contribution is 0.344. The summed E-state index contributed by atoms with van der Waals surface area (Å²) in [5, 5.41) is 0. The van der Waals surface area contributed by atoms with Crippen LogP contribution in [0.2, 0.25) is 0 Å². The van der Waals surface area contributed by atoms with Gasteiger partial charge in [-0.05, 0) is 37.5 Å². The molecule has 134 valence electrons. The van der Waals surface area contributed by atoms with Gasteiger partial charge in [0, 0.05) is 26.2 Å². The summed E-state index contributed by atoms with van der Waals surface area (Å²) in [6, 6.07) is 4.68. The van der Waals surface area contributed by atoms with Crippen molar-refractivity contribution in [2.24, 2.45) is 25.7 Å². The number of nitrogens with one attached hydrogen (secondary N) is 1. The predicted octanol–water partition coefficient (Wildman–Crippen LogP) is 0.919.